The third kappa shape index (κ3) is 3.22. The van der Waals surface area contributed by atoms with Gasteiger partial charge in [0.1, 0.15) is 5.60 Å². The van der Waals surface area contributed by atoms with Crippen molar-refractivity contribution in [3.05, 3.63) is 24.8 Å². The van der Waals surface area contributed by atoms with E-state index in [9.17, 15) is 4.79 Å². The average molecular weight is 208 g/mol. The van der Waals surface area contributed by atoms with Gasteiger partial charge in [0.15, 0.2) is 0 Å². The van der Waals surface area contributed by atoms with Crippen LogP contribution < -0.4 is 0 Å². The molecule has 0 aromatic heterocycles. The van der Waals surface area contributed by atoms with Crippen molar-refractivity contribution >= 4 is 5.97 Å². The molecule has 15 heavy (non-hydrogen) atoms. The summed E-state index contributed by atoms with van der Waals surface area (Å²) in [5.74, 6) is 0.316. The third-order valence-corrected chi connectivity index (χ3v) is 3.11. The molecule has 0 saturated heterocycles. The maximum Gasteiger partial charge on any atom is 0.333 e. The number of carbonyl (C=O) groups is 1. The Hall–Kier alpha value is -1.05. The van der Waals surface area contributed by atoms with Crippen molar-refractivity contribution in [1.29, 1.82) is 0 Å². The van der Waals surface area contributed by atoms with Crippen LogP contribution in [0.4, 0.5) is 0 Å². The van der Waals surface area contributed by atoms with Gasteiger partial charge in [-0.25, -0.2) is 4.79 Å². The lowest BCUT2D eigenvalue weighted by molar-refractivity contribution is -0.156. The lowest BCUT2D eigenvalue weighted by Crippen LogP contribution is -2.36. The molecule has 0 spiro atoms. The van der Waals surface area contributed by atoms with Crippen molar-refractivity contribution < 1.29 is 9.53 Å². The molecule has 0 radical (unpaired) electrons. The van der Waals surface area contributed by atoms with Crippen LogP contribution >= 0.6 is 0 Å². The van der Waals surface area contributed by atoms with E-state index >= 15 is 0 Å². The van der Waals surface area contributed by atoms with Crippen molar-refractivity contribution in [2.24, 2.45) is 5.92 Å². The highest BCUT2D eigenvalue weighted by molar-refractivity contribution is 5.87. The molecule has 0 aliphatic heterocycles. The summed E-state index contributed by atoms with van der Waals surface area (Å²) in [5.41, 5.74) is 0.178. The van der Waals surface area contributed by atoms with E-state index in [0.717, 1.165) is 25.7 Å². The Morgan fingerprint density at radius 2 is 2.00 bits per heavy atom. The quantitative estimate of drug-likeness (QED) is 0.404. The molecule has 0 aromatic carbocycles. The molecule has 1 aliphatic rings. The number of carbonyl (C=O) groups excluding carboxylic acids is 1. The number of esters is 1. The number of allylic oxidation sites excluding steroid dienone is 1. The van der Waals surface area contributed by atoms with E-state index in [4.69, 9.17) is 4.74 Å². The van der Waals surface area contributed by atoms with Crippen LogP contribution in [0.5, 0.6) is 0 Å². The van der Waals surface area contributed by atoms with E-state index in [0.29, 0.717) is 11.5 Å². The lowest BCUT2D eigenvalue weighted by Gasteiger charge is -2.36. The van der Waals surface area contributed by atoms with Gasteiger partial charge in [-0.2, -0.15) is 0 Å². The molecule has 1 fully saturated rings. The maximum atomic E-state index is 11.4. The molecule has 0 amide bonds. The largest absolute Gasteiger partial charge is 0.456 e. The molecule has 0 bridgehead atoms. The first-order valence-electron chi connectivity index (χ1n) is 5.48. The van der Waals surface area contributed by atoms with Gasteiger partial charge < -0.3 is 4.74 Å². The van der Waals surface area contributed by atoms with Crippen molar-refractivity contribution in [3.8, 4) is 0 Å². The van der Waals surface area contributed by atoms with Gasteiger partial charge in [0, 0.05) is 5.57 Å². The Morgan fingerprint density at radius 3 is 2.40 bits per heavy atom. The third-order valence-electron chi connectivity index (χ3n) is 3.11. The second-order valence-electron chi connectivity index (χ2n) is 4.69. The molecule has 2 heteroatoms. The molecule has 0 atom stereocenters. The zero-order valence-corrected chi connectivity index (χ0v) is 9.71. The molecular weight excluding hydrogens is 188 g/mol. The van der Waals surface area contributed by atoms with Crippen LogP contribution in [-0.4, -0.2) is 11.6 Å². The zero-order valence-electron chi connectivity index (χ0n) is 9.71. The Balaban J connectivity index is 2.51. The van der Waals surface area contributed by atoms with Crippen LogP contribution in [-0.2, 0) is 9.53 Å². The van der Waals surface area contributed by atoms with Crippen molar-refractivity contribution in [2.45, 2.75) is 45.1 Å². The van der Waals surface area contributed by atoms with E-state index < -0.39 is 0 Å². The predicted octanol–water partition coefficient (Wildman–Crippen LogP) is 3.24. The topological polar surface area (TPSA) is 26.3 Å². The fourth-order valence-electron chi connectivity index (χ4n) is 1.90. The van der Waals surface area contributed by atoms with Gasteiger partial charge in [0.05, 0.1) is 0 Å². The van der Waals surface area contributed by atoms with Crippen LogP contribution in [0.15, 0.2) is 24.8 Å². The maximum absolute atomic E-state index is 11.4. The van der Waals surface area contributed by atoms with Crippen LogP contribution in [0.2, 0.25) is 0 Å². The van der Waals surface area contributed by atoms with Gasteiger partial charge >= 0.3 is 5.97 Å². The van der Waals surface area contributed by atoms with Gasteiger partial charge in [-0.15, -0.1) is 6.58 Å². The fraction of sp³-hybridized carbons (Fsp3) is 0.615. The van der Waals surface area contributed by atoms with E-state index in [1.54, 1.807) is 6.92 Å². The van der Waals surface area contributed by atoms with E-state index in [2.05, 4.69) is 13.2 Å². The summed E-state index contributed by atoms with van der Waals surface area (Å²) in [7, 11) is 0. The second kappa shape index (κ2) is 4.65. The van der Waals surface area contributed by atoms with Crippen LogP contribution in [0.1, 0.15) is 39.5 Å². The number of rotatable bonds is 3. The highest BCUT2D eigenvalue weighted by Crippen LogP contribution is 2.35. The summed E-state index contributed by atoms with van der Waals surface area (Å²) in [6.07, 6.45) is 5.96. The van der Waals surface area contributed by atoms with E-state index in [-0.39, 0.29) is 11.6 Å². The minimum absolute atomic E-state index is 0.269. The Labute approximate surface area is 92.0 Å². The predicted molar refractivity (Wildman–Crippen MR) is 61.5 cm³/mol. The Morgan fingerprint density at radius 1 is 1.47 bits per heavy atom. The molecule has 1 aliphatic carbocycles. The van der Waals surface area contributed by atoms with Gasteiger partial charge in [0.25, 0.3) is 0 Å². The average Bonchev–Trinajstić information content (AvgIpc) is 2.18. The van der Waals surface area contributed by atoms with Crippen LogP contribution in [0, 0.1) is 5.92 Å². The molecule has 0 heterocycles. The zero-order chi connectivity index (χ0) is 11.5. The van der Waals surface area contributed by atoms with E-state index in [1.165, 1.54) is 0 Å². The Bertz CT molecular complexity index is 270. The summed E-state index contributed by atoms with van der Waals surface area (Å²) < 4.78 is 5.46. The van der Waals surface area contributed by atoms with Crippen LogP contribution in [0.3, 0.4) is 0 Å². The minimum atomic E-state index is -0.296. The summed E-state index contributed by atoms with van der Waals surface area (Å²) >= 11 is 0. The second-order valence-corrected chi connectivity index (χ2v) is 4.69. The van der Waals surface area contributed by atoms with E-state index in [1.807, 2.05) is 13.0 Å². The lowest BCUT2D eigenvalue weighted by atomic mass is 9.80. The first-order chi connectivity index (χ1) is 6.97. The van der Waals surface area contributed by atoms with Crippen molar-refractivity contribution in [1.82, 2.24) is 0 Å². The van der Waals surface area contributed by atoms with Gasteiger partial charge in [-0.1, -0.05) is 12.7 Å². The Kier molecular flexibility index (Phi) is 3.72. The first-order valence-corrected chi connectivity index (χ1v) is 5.48. The van der Waals surface area contributed by atoms with Gasteiger partial charge in [0.2, 0.25) is 0 Å². The smallest absolute Gasteiger partial charge is 0.333 e. The molecule has 2 nitrogen and oxygen atoms in total. The SMILES string of the molecule is C=CC1CCC(C)(OC(=O)C(=C)C)CC1. The van der Waals surface area contributed by atoms with Gasteiger partial charge in [-0.05, 0) is 45.4 Å². The molecule has 84 valence electrons. The molecule has 0 N–H and O–H groups in total. The minimum Gasteiger partial charge on any atom is -0.456 e. The number of hydrogen-bond acceptors (Lipinski definition) is 2. The van der Waals surface area contributed by atoms with Gasteiger partial charge in [-0.3, -0.25) is 0 Å². The highest BCUT2D eigenvalue weighted by Gasteiger charge is 2.33. The van der Waals surface area contributed by atoms with Crippen LogP contribution in [0.25, 0.3) is 0 Å². The standard InChI is InChI=1S/C13H20O2/c1-5-11-6-8-13(4,9-7-11)15-12(14)10(2)3/h5,11H,1-2,6-9H2,3-4H3. The summed E-state index contributed by atoms with van der Waals surface area (Å²) in [6.45, 7) is 11.1. The molecule has 1 rings (SSSR count). The van der Waals surface area contributed by atoms with Crippen molar-refractivity contribution in [3.63, 3.8) is 0 Å². The first kappa shape index (κ1) is 12.0. The number of ether oxygens (including phenoxy) is 1. The number of hydrogen-bond donors (Lipinski definition) is 0. The monoisotopic (exact) mass is 208 g/mol. The summed E-state index contributed by atoms with van der Waals surface area (Å²) in [4.78, 5) is 11.4. The molecule has 0 unspecified atom stereocenters. The molecule has 1 saturated carbocycles. The fourth-order valence-corrected chi connectivity index (χ4v) is 1.90. The molecule has 0 aromatic rings. The highest BCUT2D eigenvalue weighted by atomic mass is 16.6. The summed E-state index contributed by atoms with van der Waals surface area (Å²) in [5, 5.41) is 0. The normalized spacial score (nSPS) is 30.7. The molecular formula is C13H20O2. The summed E-state index contributed by atoms with van der Waals surface area (Å²) in [6, 6.07) is 0. The van der Waals surface area contributed by atoms with Crippen molar-refractivity contribution in [2.75, 3.05) is 0 Å².